The molecule has 5 heteroatoms. The highest BCUT2D eigenvalue weighted by atomic mass is 19.1. The van der Waals surface area contributed by atoms with Crippen molar-refractivity contribution >= 4 is 5.91 Å². The van der Waals surface area contributed by atoms with E-state index in [-0.39, 0.29) is 36.2 Å². The molecule has 0 heterocycles. The van der Waals surface area contributed by atoms with Crippen LogP contribution in [0.25, 0.3) is 0 Å². The Hall–Kier alpha value is -1.46. The number of hydrogen-bond donors (Lipinski definition) is 2. The standard InChI is InChI=1S/C16H23FN2O2/c1-10-6-7-12-13(4-3-5-14(12)17)16(10)19-15(20)8-11(9-18)21-2/h3-5,10-11,16H,6-9,18H2,1-2H3,(H,19,20). The largest absolute Gasteiger partial charge is 0.380 e. The van der Waals surface area contributed by atoms with Crippen LogP contribution in [-0.2, 0) is 16.0 Å². The van der Waals surface area contributed by atoms with E-state index < -0.39 is 0 Å². The Morgan fingerprint density at radius 1 is 1.57 bits per heavy atom. The molecule has 0 saturated carbocycles. The first-order valence-electron chi connectivity index (χ1n) is 7.36. The molecule has 0 aliphatic heterocycles. The first kappa shape index (κ1) is 15.9. The van der Waals surface area contributed by atoms with Crippen molar-refractivity contribution in [2.45, 2.75) is 38.3 Å². The molecule has 3 unspecified atom stereocenters. The van der Waals surface area contributed by atoms with E-state index in [1.807, 2.05) is 6.07 Å². The first-order chi connectivity index (χ1) is 10.1. The lowest BCUT2D eigenvalue weighted by molar-refractivity contribution is -0.124. The SMILES string of the molecule is COC(CN)CC(=O)NC1c2cccc(F)c2CCC1C. The van der Waals surface area contributed by atoms with E-state index in [1.165, 1.54) is 6.07 Å². The molecule has 21 heavy (non-hydrogen) atoms. The van der Waals surface area contributed by atoms with Crippen LogP contribution in [0.1, 0.15) is 36.9 Å². The smallest absolute Gasteiger partial charge is 0.223 e. The van der Waals surface area contributed by atoms with Crippen molar-refractivity contribution in [2.75, 3.05) is 13.7 Å². The topological polar surface area (TPSA) is 64.3 Å². The minimum Gasteiger partial charge on any atom is -0.380 e. The van der Waals surface area contributed by atoms with Gasteiger partial charge in [0, 0.05) is 13.7 Å². The second-order valence-corrected chi connectivity index (χ2v) is 5.67. The fourth-order valence-corrected chi connectivity index (χ4v) is 2.90. The van der Waals surface area contributed by atoms with Crippen LogP contribution >= 0.6 is 0 Å². The van der Waals surface area contributed by atoms with E-state index in [9.17, 15) is 9.18 Å². The second kappa shape index (κ2) is 7.00. The lowest BCUT2D eigenvalue weighted by atomic mass is 9.80. The van der Waals surface area contributed by atoms with E-state index >= 15 is 0 Å². The molecule has 3 atom stereocenters. The van der Waals surface area contributed by atoms with E-state index in [0.717, 1.165) is 24.0 Å². The molecule has 0 fully saturated rings. The molecular formula is C16H23FN2O2. The maximum atomic E-state index is 13.9. The van der Waals surface area contributed by atoms with E-state index in [0.29, 0.717) is 6.54 Å². The fraction of sp³-hybridized carbons (Fsp3) is 0.562. The van der Waals surface area contributed by atoms with Crippen molar-refractivity contribution in [1.82, 2.24) is 5.32 Å². The summed E-state index contributed by atoms with van der Waals surface area (Å²) in [6.07, 6.45) is 1.53. The molecule has 0 aromatic heterocycles. The number of rotatable bonds is 5. The third kappa shape index (κ3) is 3.60. The van der Waals surface area contributed by atoms with Crippen molar-refractivity contribution in [3.8, 4) is 0 Å². The van der Waals surface area contributed by atoms with Crippen LogP contribution < -0.4 is 11.1 Å². The fourth-order valence-electron chi connectivity index (χ4n) is 2.90. The molecule has 1 amide bonds. The van der Waals surface area contributed by atoms with Gasteiger partial charge < -0.3 is 15.8 Å². The minimum absolute atomic E-state index is 0.110. The predicted octanol–water partition coefficient (Wildman–Crippen LogP) is 1.93. The maximum absolute atomic E-state index is 13.9. The van der Waals surface area contributed by atoms with Crippen LogP contribution in [0.4, 0.5) is 4.39 Å². The minimum atomic E-state index is -0.282. The van der Waals surface area contributed by atoms with Gasteiger partial charge >= 0.3 is 0 Å². The zero-order valence-electron chi connectivity index (χ0n) is 12.6. The number of benzene rings is 1. The molecule has 4 nitrogen and oxygen atoms in total. The van der Waals surface area contributed by atoms with Gasteiger partial charge in [-0.05, 0) is 36.0 Å². The summed E-state index contributed by atoms with van der Waals surface area (Å²) in [6.45, 7) is 2.38. The quantitative estimate of drug-likeness (QED) is 0.872. The van der Waals surface area contributed by atoms with Crippen molar-refractivity contribution in [2.24, 2.45) is 11.7 Å². The summed E-state index contributed by atoms with van der Waals surface area (Å²) in [6, 6.07) is 4.93. The van der Waals surface area contributed by atoms with Gasteiger partial charge in [0.2, 0.25) is 5.91 Å². The number of halogens is 1. The summed E-state index contributed by atoms with van der Waals surface area (Å²) >= 11 is 0. The number of nitrogens with one attached hydrogen (secondary N) is 1. The molecular weight excluding hydrogens is 271 g/mol. The number of carbonyl (C=O) groups is 1. The Kier molecular flexibility index (Phi) is 5.31. The average Bonchev–Trinajstić information content (AvgIpc) is 2.48. The van der Waals surface area contributed by atoms with Crippen molar-refractivity contribution in [1.29, 1.82) is 0 Å². The predicted molar refractivity (Wildman–Crippen MR) is 79.2 cm³/mol. The highest BCUT2D eigenvalue weighted by Crippen LogP contribution is 2.35. The molecule has 1 aliphatic rings. The Bertz CT molecular complexity index is 503. The molecule has 1 aliphatic carbocycles. The van der Waals surface area contributed by atoms with Gasteiger partial charge in [0.1, 0.15) is 5.82 Å². The maximum Gasteiger partial charge on any atom is 0.223 e. The highest BCUT2D eigenvalue weighted by molar-refractivity contribution is 5.77. The Balaban J connectivity index is 2.13. The van der Waals surface area contributed by atoms with Crippen molar-refractivity contribution in [3.05, 3.63) is 35.1 Å². The summed E-state index contributed by atoms with van der Waals surface area (Å²) in [7, 11) is 1.54. The summed E-state index contributed by atoms with van der Waals surface area (Å²) in [5.41, 5.74) is 7.15. The molecule has 3 N–H and O–H groups in total. The number of fused-ring (bicyclic) bond motifs is 1. The summed E-state index contributed by atoms with van der Waals surface area (Å²) < 4.78 is 19.0. The van der Waals surface area contributed by atoms with Crippen LogP contribution in [0.5, 0.6) is 0 Å². The van der Waals surface area contributed by atoms with E-state index in [4.69, 9.17) is 10.5 Å². The molecule has 1 aromatic carbocycles. The van der Waals surface area contributed by atoms with Gasteiger partial charge in [0.15, 0.2) is 0 Å². The number of nitrogens with two attached hydrogens (primary N) is 1. The van der Waals surface area contributed by atoms with Gasteiger partial charge in [0.05, 0.1) is 18.6 Å². The second-order valence-electron chi connectivity index (χ2n) is 5.67. The van der Waals surface area contributed by atoms with Crippen LogP contribution in [0.3, 0.4) is 0 Å². The van der Waals surface area contributed by atoms with Crippen LogP contribution in [0.2, 0.25) is 0 Å². The molecule has 0 saturated heterocycles. The summed E-state index contributed by atoms with van der Waals surface area (Å²) in [5.74, 6) is -0.0150. The highest BCUT2D eigenvalue weighted by Gasteiger charge is 2.29. The normalized spacial score (nSPS) is 22.5. The first-order valence-corrected chi connectivity index (χ1v) is 7.36. The van der Waals surface area contributed by atoms with Gasteiger partial charge in [-0.1, -0.05) is 19.1 Å². The van der Waals surface area contributed by atoms with Crippen LogP contribution in [0, 0.1) is 11.7 Å². The molecule has 0 bridgehead atoms. The molecule has 2 rings (SSSR count). The molecule has 0 radical (unpaired) electrons. The zero-order chi connectivity index (χ0) is 15.4. The number of carbonyl (C=O) groups excluding carboxylic acids is 1. The average molecular weight is 294 g/mol. The van der Waals surface area contributed by atoms with Gasteiger partial charge in [-0.15, -0.1) is 0 Å². The van der Waals surface area contributed by atoms with Gasteiger partial charge in [-0.25, -0.2) is 4.39 Å². The van der Waals surface area contributed by atoms with Gasteiger partial charge in [-0.3, -0.25) is 4.79 Å². The lowest BCUT2D eigenvalue weighted by Gasteiger charge is -2.32. The Labute approximate surface area is 124 Å². The number of methoxy groups -OCH3 is 1. The van der Waals surface area contributed by atoms with Gasteiger partial charge in [0.25, 0.3) is 0 Å². The number of ether oxygens (including phenoxy) is 1. The van der Waals surface area contributed by atoms with Crippen molar-refractivity contribution < 1.29 is 13.9 Å². The number of hydrogen-bond acceptors (Lipinski definition) is 3. The van der Waals surface area contributed by atoms with Crippen LogP contribution in [0.15, 0.2) is 18.2 Å². The van der Waals surface area contributed by atoms with E-state index in [1.54, 1.807) is 13.2 Å². The third-order valence-corrected chi connectivity index (χ3v) is 4.23. The molecule has 0 spiro atoms. The Morgan fingerprint density at radius 3 is 3.00 bits per heavy atom. The summed E-state index contributed by atoms with van der Waals surface area (Å²) in [4.78, 5) is 12.1. The monoisotopic (exact) mass is 294 g/mol. The van der Waals surface area contributed by atoms with Crippen molar-refractivity contribution in [3.63, 3.8) is 0 Å². The Morgan fingerprint density at radius 2 is 2.33 bits per heavy atom. The molecule has 1 aromatic rings. The number of amides is 1. The molecule has 116 valence electrons. The van der Waals surface area contributed by atoms with Crippen LogP contribution in [-0.4, -0.2) is 25.7 Å². The summed E-state index contributed by atoms with van der Waals surface area (Å²) in [5, 5.41) is 3.01. The zero-order valence-corrected chi connectivity index (χ0v) is 12.6. The third-order valence-electron chi connectivity index (χ3n) is 4.23. The van der Waals surface area contributed by atoms with Gasteiger partial charge in [-0.2, -0.15) is 0 Å². The van der Waals surface area contributed by atoms with E-state index in [2.05, 4.69) is 12.2 Å². The lowest BCUT2D eigenvalue weighted by Crippen LogP contribution is -2.38.